The highest BCUT2D eigenvalue weighted by Gasteiger charge is 2.21. The Bertz CT molecular complexity index is 528. The maximum absolute atomic E-state index is 10.5. The van der Waals surface area contributed by atoms with Crippen molar-refractivity contribution in [3.63, 3.8) is 0 Å². The minimum Gasteiger partial charge on any atom is -0.390 e. The lowest BCUT2D eigenvalue weighted by molar-refractivity contribution is -0.0339. The fourth-order valence-corrected chi connectivity index (χ4v) is 2.71. The van der Waals surface area contributed by atoms with Gasteiger partial charge in [0.25, 0.3) is 0 Å². The molecule has 0 aliphatic carbocycles. The summed E-state index contributed by atoms with van der Waals surface area (Å²) in [6.07, 6.45) is -0.286. The number of ether oxygens (including phenoxy) is 1. The molecule has 2 aromatic carbocycles. The second-order valence-electron chi connectivity index (χ2n) is 4.69. The summed E-state index contributed by atoms with van der Waals surface area (Å²) in [5.41, 5.74) is 2.10. The summed E-state index contributed by atoms with van der Waals surface area (Å²) in [6, 6.07) is 17.9. The summed E-state index contributed by atoms with van der Waals surface area (Å²) in [6.45, 7) is 2.52. The van der Waals surface area contributed by atoms with E-state index in [1.165, 1.54) is 0 Å². The van der Waals surface area contributed by atoms with Gasteiger partial charge in [-0.25, -0.2) is 0 Å². The lowest BCUT2D eigenvalue weighted by atomic mass is 9.98. The molecular formula is C17H19BrO2. The Kier molecular flexibility index (Phi) is 5.77. The smallest absolute Gasteiger partial charge is 0.109 e. The standard InChI is InChI=1S/C17H19BrO2/c1-2-20-17(14-8-4-3-5-9-14)16(19)12-13-7-6-10-15(18)11-13/h3-11,16-17,19H,2,12H2,1H3. The molecule has 0 bridgehead atoms. The first-order valence-corrected chi connectivity index (χ1v) is 7.59. The minimum absolute atomic E-state index is 0.291. The van der Waals surface area contributed by atoms with E-state index in [0.717, 1.165) is 15.6 Å². The topological polar surface area (TPSA) is 29.5 Å². The van der Waals surface area contributed by atoms with Gasteiger partial charge in [-0.05, 0) is 30.2 Å². The molecule has 2 atom stereocenters. The van der Waals surface area contributed by atoms with Crippen LogP contribution in [0.3, 0.4) is 0 Å². The third-order valence-corrected chi connectivity index (χ3v) is 3.65. The van der Waals surface area contributed by atoms with Gasteiger partial charge in [0, 0.05) is 17.5 Å². The van der Waals surface area contributed by atoms with Crippen molar-refractivity contribution in [2.45, 2.75) is 25.6 Å². The zero-order valence-corrected chi connectivity index (χ0v) is 13.1. The van der Waals surface area contributed by atoms with Crippen LogP contribution in [0, 0.1) is 0 Å². The Hall–Kier alpha value is -1.16. The van der Waals surface area contributed by atoms with Crippen molar-refractivity contribution in [2.24, 2.45) is 0 Å². The Morgan fingerprint density at radius 1 is 1.10 bits per heavy atom. The molecule has 20 heavy (non-hydrogen) atoms. The number of halogens is 1. The van der Waals surface area contributed by atoms with Crippen molar-refractivity contribution in [1.29, 1.82) is 0 Å². The van der Waals surface area contributed by atoms with Crippen molar-refractivity contribution in [2.75, 3.05) is 6.61 Å². The van der Waals surface area contributed by atoms with Gasteiger partial charge in [0.2, 0.25) is 0 Å². The molecule has 2 unspecified atom stereocenters. The monoisotopic (exact) mass is 334 g/mol. The van der Waals surface area contributed by atoms with Crippen molar-refractivity contribution in [1.82, 2.24) is 0 Å². The van der Waals surface area contributed by atoms with Gasteiger partial charge in [-0.15, -0.1) is 0 Å². The second-order valence-corrected chi connectivity index (χ2v) is 5.60. The molecule has 0 aliphatic rings. The Balaban J connectivity index is 2.13. The summed E-state index contributed by atoms with van der Waals surface area (Å²) in [5.74, 6) is 0. The first kappa shape index (κ1) is 15.2. The summed E-state index contributed by atoms with van der Waals surface area (Å²) >= 11 is 3.45. The number of hydrogen-bond acceptors (Lipinski definition) is 2. The van der Waals surface area contributed by atoms with Gasteiger partial charge in [0.05, 0.1) is 6.10 Å². The fourth-order valence-electron chi connectivity index (χ4n) is 2.26. The van der Waals surface area contributed by atoms with Crippen LogP contribution in [-0.2, 0) is 11.2 Å². The number of aliphatic hydroxyl groups excluding tert-OH is 1. The normalized spacial score (nSPS) is 13.9. The predicted molar refractivity (Wildman–Crippen MR) is 84.7 cm³/mol. The van der Waals surface area contributed by atoms with E-state index < -0.39 is 6.10 Å². The van der Waals surface area contributed by atoms with Crippen LogP contribution >= 0.6 is 15.9 Å². The predicted octanol–water partition coefficient (Wildman–Crippen LogP) is 4.13. The van der Waals surface area contributed by atoms with E-state index in [4.69, 9.17) is 4.74 Å². The molecule has 0 aliphatic heterocycles. The molecule has 0 saturated carbocycles. The molecule has 2 aromatic rings. The molecular weight excluding hydrogens is 316 g/mol. The summed E-state index contributed by atoms with van der Waals surface area (Å²) in [4.78, 5) is 0. The highest BCUT2D eigenvalue weighted by molar-refractivity contribution is 9.10. The molecule has 0 heterocycles. The molecule has 1 N–H and O–H groups in total. The summed E-state index contributed by atoms with van der Waals surface area (Å²) in [5, 5.41) is 10.5. The van der Waals surface area contributed by atoms with E-state index in [-0.39, 0.29) is 6.10 Å². The van der Waals surface area contributed by atoms with Gasteiger partial charge in [-0.3, -0.25) is 0 Å². The average molecular weight is 335 g/mol. The molecule has 2 rings (SSSR count). The van der Waals surface area contributed by atoms with E-state index in [9.17, 15) is 5.11 Å². The lowest BCUT2D eigenvalue weighted by Gasteiger charge is -2.23. The highest BCUT2D eigenvalue weighted by Crippen LogP contribution is 2.24. The number of benzene rings is 2. The van der Waals surface area contributed by atoms with Crippen molar-refractivity contribution < 1.29 is 9.84 Å². The van der Waals surface area contributed by atoms with Crippen molar-refractivity contribution >= 4 is 15.9 Å². The molecule has 0 fully saturated rings. The second kappa shape index (κ2) is 7.58. The Labute approximate surface area is 128 Å². The molecule has 0 amide bonds. The highest BCUT2D eigenvalue weighted by atomic mass is 79.9. The zero-order valence-electron chi connectivity index (χ0n) is 11.5. The van der Waals surface area contributed by atoms with Gasteiger partial charge < -0.3 is 9.84 Å². The van der Waals surface area contributed by atoms with Crippen molar-refractivity contribution in [3.8, 4) is 0 Å². The molecule has 0 aromatic heterocycles. The van der Waals surface area contributed by atoms with Gasteiger partial charge in [-0.2, -0.15) is 0 Å². The first-order chi connectivity index (χ1) is 9.70. The van der Waals surface area contributed by atoms with E-state index in [1.54, 1.807) is 0 Å². The van der Waals surface area contributed by atoms with Crippen LogP contribution in [0.2, 0.25) is 0 Å². The van der Waals surface area contributed by atoms with Gasteiger partial charge in [0.15, 0.2) is 0 Å². The van der Waals surface area contributed by atoms with Crippen LogP contribution in [0.5, 0.6) is 0 Å². The van der Waals surface area contributed by atoms with E-state index in [0.29, 0.717) is 13.0 Å². The quantitative estimate of drug-likeness (QED) is 0.860. The third-order valence-electron chi connectivity index (χ3n) is 3.16. The zero-order chi connectivity index (χ0) is 14.4. The van der Waals surface area contributed by atoms with Crippen LogP contribution in [0.15, 0.2) is 59.1 Å². The molecule has 0 saturated heterocycles. The maximum Gasteiger partial charge on any atom is 0.109 e. The summed E-state index contributed by atoms with van der Waals surface area (Å²) < 4.78 is 6.75. The molecule has 0 spiro atoms. The van der Waals surface area contributed by atoms with Gasteiger partial charge >= 0.3 is 0 Å². The number of hydrogen-bond donors (Lipinski definition) is 1. The van der Waals surface area contributed by atoms with Crippen LogP contribution in [0.1, 0.15) is 24.2 Å². The Morgan fingerprint density at radius 3 is 2.50 bits per heavy atom. The molecule has 106 valence electrons. The largest absolute Gasteiger partial charge is 0.390 e. The van der Waals surface area contributed by atoms with Crippen LogP contribution in [0.25, 0.3) is 0 Å². The van der Waals surface area contributed by atoms with E-state index in [2.05, 4.69) is 15.9 Å². The Morgan fingerprint density at radius 2 is 1.85 bits per heavy atom. The van der Waals surface area contributed by atoms with Crippen molar-refractivity contribution in [3.05, 3.63) is 70.2 Å². The van der Waals surface area contributed by atoms with Crippen LogP contribution in [-0.4, -0.2) is 17.8 Å². The maximum atomic E-state index is 10.5. The SMILES string of the molecule is CCOC(c1ccccc1)C(O)Cc1cccc(Br)c1. The lowest BCUT2D eigenvalue weighted by Crippen LogP contribution is -2.23. The van der Waals surface area contributed by atoms with E-state index in [1.807, 2.05) is 61.5 Å². The average Bonchev–Trinajstić information content (AvgIpc) is 2.45. The van der Waals surface area contributed by atoms with E-state index >= 15 is 0 Å². The summed E-state index contributed by atoms with van der Waals surface area (Å²) in [7, 11) is 0. The fraction of sp³-hybridized carbons (Fsp3) is 0.294. The third kappa shape index (κ3) is 4.17. The van der Waals surface area contributed by atoms with Crippen LogP contribution in [0.4, 0.5) is 0 Å². The molecule has 2 nitrogen and oxygen atoms in total. The van der Waals surface area contributed by atoms with Gasteiger partial charge in [0.1, 0.15) is 6.10 Å². The minimum atomic E-state index is -0.563. The van der Waals surface area contributed by atoms with Gasteiger partial charge in [-0.1, -0.05) is 58.4 Å². The molecule has 0 radical (unpaired) electrons. The van der Waals surface area contributed by atoms with Crippen LogP contribution < -0.4 is 0 Å². The molecule has 3 heteroatoms. The first-order valence-electron chi connectivity index (χ1n) is 6.79. The number of rotatable bonds is 6. The number of aliphatic hydroxyl groups is 1.